The molecule has 366 valence electrons. The van der Waals surface area contributed by atoms with Gasteiger partial charge in [0.25, 0.3) is 0 Å². The largest absolute Gasteiger partial charge is 0.334 e. The first kappa shape index (κ1) is 44.8. The van der Waals surface area contributed by atoms with Gasteiger partial charge in [0.1, 0.15) is 0 Å². The molecule has 2 heteroatoms. The molecule has 0 saturated heterocycles. The van der Waals surface area contributed by atoms with E-state index in [2.05, 4.69) is 244 Å². The summed E-state index contributed by atoms with van der Waals surface area (Å²) in [6.07, 6.45) is 10.9. The number of rotatable bonds is 6. The number of fused-ring (bicyclic) bond motifs is 14. The minimum atomic E-state index is 0.0470. The fourth-order valence-electron chi connectivity index (χ4n) is 15.8. The van der Waals surface area contributed by atoms with E-state index in [1.807, 2.05) is 0 Å². The Kier molecular flexibility index (Phi) is 9.80. The van der Waals surface area contributed by atoms with Crippen molar-refractivity contribution in [1.29, 1.82) is 0 Å². The number of anilines is 4. The van der Waals surface area contributed by atoms with Crippen LogP contribution in [0.4, 0.5) is 22.7 Å². The Balaban J connectivity index is 0.732. The van der Waals surface area contributed by atoms with E-state index >= 15 is 0 Å². The number of benzene rings is 10. The van der Waals surface area contributed by atoms with Crippen LogP contribution in [0.15, 0.2) is 206 Å². The van der Waals surface area contributed by atoms with E-state index < -0.39 is 0 Å². The van der Waals surface area contributed by atoms with Gasteiger partial charge in [0.15, 0.2) is 0 Å². The zero-order chi connectivity index (χ0) is 50.3. The number of hydrogen-bond acceptors (Lipinski definition) is 2. The Hall–Kier alpha value is -7.68. The minimum Gasteiger partial charge on any atom is -0.334 e. The zero-order valence-electron chi connectivity index (χ0n) is 43.9. The van der Waals surface area contributed by atoms with Gasteiger partial charge in [0, 0.05) is 33.6 Å². The molecule has 4 atom stereocenters. The molecule has 0 amide bonds. The van der Waals surface area contributed by atoms with Crippen molar-refractivity contribution in [2.45, 2.75) is 107 Å². The van der Waals surface area contributed by atoms with Gasteiger partial charge in [-0.2, -0.15) is 0 Å². The Morgan fingerprint density at radius 2 is 0.747 bits per heavy atom. The molecule has 3 aliphatic carbocycles. The van der Waals surface area contributed by atoms with Crippen molar-refractivity contribution in [2.24, 2.45) is 0 Å². The predicted octanol–water partition coefficient (Wildman–Crippen LogP) is 19.7. The summed E-state index contributed by atoms with van der Waals surface area (Å²) in [5.41, 5.74) is 24.4. The Morgan fingerprint density at radius 1 is 0.333 bits per heavy atom. The number of hydrogen-bond donors (Lipinski definition) is 0. The molecule has 2 heterocycles. The summed E-state index contributed by atoms with van der Waals surface area (Å²) in [5.74, 6) is 0. The van der Waals surface area contributed by atoms with Crippen molar-refractivity contribution in [3.63, 3.8) is 0 Å². The lowest BCUT2D eigenvalue weighted by Gasteiger charge is -2.50. The third kappa shape index (κ3) is 6.38. The first-order valence-corrected chi connectivity index (χ1v) is 28.0. The monoisotopic (exact) mass is 969 g/mol. The molecule has 0 aromatic heterocycles. The molecule has 75 heavy (non-hydrogen) atoms. The summed E-state index contributed by atoms with van der Waals surface area (Å²) < 4.78 is 0. The van der Waals surface area contributed by atoms with Gasteiger partial charge in [-0.05, 0) is 206 Å². The summed E-state index contributed by atoms with van der Waals surface area (Å²) in [5, 5.41) is 5.36. The fraction of sp³-hybridized carbons (Fsp3) is 0.233. The van der Waals surface area contributed by atoms with Crippen molar-refractivity contribution in [3.8, 4) is 55.6 Å². The average Bonchev–Trinajstić information content (AvgIpc) is 4.17. The maximum atomic E-state index is 2.67. The maximum absolute atomic E-state index is 2.67. The van der Waals surface area contributed by atoms with Gasteiger partial charge in [-0.25, -0.2) is 0 Å². The van der Waals surface area contributed by atoms with Gasteiger partial charge in [0.05, 0.1) is 11.1 Å². The molecule has 15 rings (SSSR count). The summed E-state index contributed by atoms with van der Waals surface area (Å²) in [6.45, 7) is 10.1. The predicted molar refractivity (Wildman–Crippen MR) is 317 cm³/mol. The Bertz CT molecular complexity index is 3930. The third-order valence-corrected chi connectivity index (χ3v) is 20.2. The number of para-hydroxylation sites is 2. The zero-order valence-corrected chi connectivity index (χ0v) is 43.9. The van der Waals surface area contributed by atoms with E-state index in [-0.39, 0.29) is 21.9 Å². The lowest BCUT2D eigenvalue weighted by molar-refractivity contribution is 0.195. The lowest BCUT2D eigenvalue weighted by Crippen LogP contribution is -2.54. The summed E-state index contributed by atoms with van der Waals surface area (Å²) in [6, 6.07) is 79.0. The van der Waals surface area contributed by atoms with Crippen LogP contribution in [0.2, 0.25) is 0 Å². The van der Waals surface area contributed by atoms with Crippen molar-refractivity contribution in [3.05, 3.63) is 229 Å². The molecular formula is C73H64N2. The SMILES string of the molecule is CC12CCCCC1(C)N(c1ccccc1)c1ccc(-c3ccc(-c4ccc5c(c4)-c4c(c6ccc(-c7ccc(-c8ccc9c(c8)C8(C)CCCCC8(C)N9c8ccccc8)cc7)cc6c6ccccc46)C5)cc3)cc12. The smallest absolute Gasteiger partial charge is 0.0517 e. The van der Waals surface area contributed by atoms with Crippen molar-refractivity contribution < 1.29 is 0 Å². The van der Waals surface area contributed by atoms with Gasteiger partial charge < -0.3 is 9.80 Å². The highest BCUT2D eigenvalue weighted by molar-refractivity contribution is 6.18. The number of nitrogens with zero attached hydrogens (tertiary/aromatic N) is 2. The van der Waals surface area contributed by atoms with E-state index in [1.165, 1.54) is 174 Å². The van der Waals surface area contributed by atoms with Crippen LogP contribution in [0, 0.1) is 0 Å². The van der Waals surface area contributed by atoms with Crippen LogP contribution >= 0.6 is 0 Å². The highest BCUT2D eigenvalue weighted by Crippen LogP contribution is 2.63. The van der Waals surface area contributed by atoms with Crippen LogP contribution in [0.5, 0.6) is 0 Å². The van der Waals surface area contributed by atoms with Gasteiger partial charge >= 0.3 is 0 Å². The molecule has 5 aliphatic rings. The normalized spacial score (nSPS) is 23.1. The third-order valence-electron chi connectivity index (χ3n) is 20.2. The van der Waals surface area contributed by atoms with E-state index in [0.717, 1.165) is 6.42 Å². The van der Waals surface area contributed by atoms with Crippen LogP contribution in [0.1, 0.15) is 101 Å². The van der Waals surface area contributed by atoms with E-state index in [0.29, 0.717) is 0 Å². The highest BCUT2D eigenvalue weighted by atomic mass is 15.3. The maximum Gasteiger partial charge on any atom is 0.0517 e. The standard InChI is InChI=1S/C73H64N2/c1-70-39-13-15-41-72(70,3)74(57-17-7-5-8-18-57)67-37-34-54(46-65(67)70)50-27-23-48(24-28-50)52-31-32-56-45-64-60-36-33-53(44-63(60)59-21-11-12-22-61(59)69(64)62(56)43-52)49-25-29-51(30-26-49)55-35-38-68-66(47-55)71(2)40-14-16-42-73(71,4)75(68)58-19-9-6-10-20-58/h5-12,17-38,43-44,46-47H,13-16,39-42,45H2,1-4H3. The van der Waals surface area contributed by atoms with Crippen molar-refractivity contribution >= 4 is 44.3 Å². The Labute approximate surface area is 443 Å². The van der Waals surface area contributed by atoms with Gasteiger partial charge in [-0.15, -0.1) is 0 Å². The molecule has 4 unspecified atom stereocenters. The second-order valence-corrected chi connectivity index (χ2v) is 23.8. The van der Waals surface area contributed by atoms with Crippen LogP contribution in [0.3, 0.4) is 0 Å². The van der Waals surface area contributed by atoms with Crippen LogP contribution in [0.25, 0.3) is 77.2 Å². The Morgan fingerprint density at radius 3 is 1.27 bits per heavy atom. The van der Waals surface area contributed by atoms with Gasteiger partial charge in [-0.3, -0.25) is 0 Å². The first-order valence-electron chi connectivity index (χ1n) is 28.0. The molecule has 0 N–H and O–H groups in total. The average molecular weight is 969 g/mol. The lowest BCUT2D eigenvalue weighted by atomic mass is 9.61. The quantitative estimate of drug-likeness (QED) is 0.153. The van der Waals surface area contributed by atoms with Crippen molar-refractivity contribution in [2.75, 3.05) is 9.80 Å². The molecule has 2 nitrogen and oxygen atoms in total. The molecule has 2 fully saturated rings. The summed E-state index contributed by atoms with van der Waals surface area (Å²) >= 11 is 0. The van der Waals surface area contributed by atoms with Crippen LogP contribution in [-0.4, -0.2) is 11.1 Å². The molecule has 0 radical (unpaired) electrons. The van der Waals surface area contributed by atoms with Crippen LogP contribution < -0.4 is 9.80 Å². The topological polar surface area (TPSA) is 6.48 Å². The second kappa shape index (κ2) is 16.4. The summed E-state index contributed by atoms with van der Waals surface area (Å²) in [4.78, 5) is 5.34. The minimum absolute atomic E-state index is 0.0470. The van der Waals surface area contributed by atoms with E-state index in [1.54, 1.807) is 0 Å². The van der Waals surface area contributed by atoms with E-state index in [4.69, 9.17) is 0 Å². The van der Waals surface area contributed by atoms with Gasteiger partial charge in [0.2, 0.25) is 0 Å². The molecule has 0 spiro atoms. The van der Waals surface area contributed by atoms with E-state index in [9.17, 15) is 0 Å². The molecule has 2 aliphatic heterocycles. The van der Waals surface area contributed by atoms with Gasteiger partial charge in [-0.1, -0.05) is 185 Å². The first-order chi connectivity index (χ1) is 36.6. The molecular weight excluding hydrogens is 905 g/mol. The fourth-order valence-corrected chi connectivity index (χ4v) is 15.8. The summed E-state index contributed by atoms with van der Waals surface area (Å²) in [7, 11) is 0. The second-order valence-electron chi connectivity index (χ2n) is 23.8. The molecule has 2 saturated carbocycles. The van der Waals surface area contributed by atoms with Crippen LogP contribution in [-0.2, 0) is 17.3 Å². The highest BCUT2D eigenvalue weighted by Gasteiger charge is 2.59. The van der Waals surface area contributed by atoms with Crippen molar-refractivity contribution in [1.82, 2.24) is 0 Å². The molecule has 0 bridgehead atoms. The molecule has 10 aromatic carbocycles. The molecule has 10 aromatic rings.